The molecule has 4 bridgehead atoms. The summed E-state index contributed by atoms with van der Waals surface area (Å²) in [6, 6.07) is 43.4. The van der Waals surface area contributed by atoms with E-state index in [-0.39, 0.29) is 16.2 Å². The number of hydrogen-bond acceptors (Lipinski definition) is 2. The number of hydrogen-bond donors (Lipinski definition) is 0. The van der Waals surface area contributed by atoms with E-state index in [1.165, 1.54) is 95.4 Å². The smallest absolute Gasteiger partial charge is 0.131 e. The van der Waals surface area contributed by atoms with Gasteiger partial charge in [0.25, 0.3) is 0 Å². The molecular weight excluding hydrogens is 607 g/mol. The first-order valence-corrected chi connectivity index (χ1v) is 19.2. The summed E-state index contributed by atoms with van der Waals surface area (Å²) in [6.07, 6.45) is 9.20. The molecular formula is C48H49NO. The molecule has 4 saturated carbocycles. The maximum Gasteiger partial charge on any atom is 0.131 e. The van der Waals surface area contributed by atoms with Gasteiger partial charge in [-0.05, 0) is 133 Å². The Bertz CT molecular complexity index is 2090. The first kappa shape index (κ1) is 30.5. The molecule has 11 rings (SSSR count). The van der Waals surface area contributed by atoms with E-state index in [2.05, 4.69) is 148 Å². The summed E-state index contributed by atoms with van der Waals surface area (Å²) in [5.41, 5.74) is 12.2. The zero-order valence-electron chi connectivity index (χ0n) is 30.1. The molecule has 0 unspecified atom stereocenters. The molecule has 1 spiro atoms. The molecule has 5 aromatic carbocycles. The maximum absolute atomic E-state index is 6.88. The van der Waals surface area contributed by atoms with Gasteiger partial charge in [-0.1, -0.05) is 107 Å². The number of ether oxygens (including phenoxy) is 1. The zero-order valence-corrected chi connectivity index (χ0v) is 30.1. The zero-order chi connectivity index (χ0) is 33.8. The Morgan fingerprint density at radius 1 is 0.540 bits per heavy atom. The number of anilines is 3. The molecule has 4 fully saturated rings. The fourth-order valence-electron chi connectivity index (χ4n) is 11.9. The molecule has 5 aliphatic carbocycles. The van der Waals surface area contributed by atoms with Crippen LogP contribution in [0.2, 0.25) is 0 Å². The van der Waals surface area contributed by atoms with Gasteiger partial charge in [0.1, 0.15) is 11.5 Å². The van der Waals surface area contributed by atoms with Crippen LogP contribution < -0.4 is 9.64 Å². The van der Waals surface area contributed by atoms with Gasteiger partial charge in [0.05, 0.1) is 11.4 Å². The second-order valence-corrected chi connectivity index (χ2v) is 17.6. The van der Waals surface area contributed by atoms with Crippen LogP contribution in [0.4, 0.5) is 17.1 Å². The van der Waals surface area contributed by atoms with Crippen LogP contribution in [-0.2, 0) is 16.2 Å². The molecule has 252 valence electrons. The fraction of sp³-hybridized carbons (Fsp3) is 0.375. The predicted molar refractivity (Wildman–Crippen MR) is 206 cm³/mol. The van der Waals surface area contributed by atoms with E-state index in [0.29, 0.717) is 11.8 Å². The molecule has 2 heteroatoms. The van der Waals surface area contributed by atoms with E-state index in [1.807, 2.05) is 0 Å². The van der Waals surface area contributed by atoms with E-state index in [9.17, 15) is 0 Å². The van der Waals surface area contributed by atoms with Crippen molar-refractivity contribution in [3.8, 4) is 22.6 Å². The van der Waals surface area contributed by atoms with Gasteiger partial charge < -0.3 is 9.64 Å². The van der Waals surface area contributed by atoms with Gasteiger partial charge in [-0.15, -0.1) is 0 Å². The van der Waals surface area contributed by atoms with Crippen molar-refractivity contribution in [2.24, 2.45) is 23.7 Å². The summed E-state index contributed by atoms with van der Waals surface area (Å²) in [4.78, 5) is 2.62. The highest BCUT2D eigenvalue weighted by Crippen LogP contribution is 2.69. The van der Waals surface area contributed by atoms with Crippen molar-refractivity contribution in [1.82, 2.24) is 0 Å². The van der Waals surface area contributed by atoms with E-state index in [0.717, 1.165) is 23.3 Å². The highest BCUT2D eigenvalue weighted by molar-refractivity contribution is 5.90. The van der Waals surface area contributed by atoms with E-state index in [1.54, 1.807) is 0 Å². The summed E-state index contributed by atoms with van der Waals surface area (Å²) in [6.45, 7) is 9.81. The van der Waals surface area contributed by atoms with E-state index in [4.69, 9.17) is 4.74 Å². The van der Waals surface area contributed by atoms with Crippen LogP contribution >= 0.6 is 0 Å². The number of para-hydroxylation sites is 2. The largest absolute Gasteiger partial charge is 0.457 e. The fourth-order valence-corrected chi connectivity index (χ4v) is 11.9. The lowest BCUT2D eigenvalue weighted by molar-refractivity contribution is -0.0452. The minimum absolute atomic E-state index is 0.00436. The first-order valence-electron chi connectivity index (χ1n) is 19.2. The second kappa shape index (κ2) is 10.8. The molecule has 1 heterocycles. The van der Waals surface area contributed by atoms with Crippen molar-refractivity contribution in [2.45, 2.75) is 88.9 Å². The third kappa shape index (κ3) is 4.33. The monoisotopic (exact) mass is 655 g/mol. The Hall–Kier alpha value is -4.30. The van der Waals surface area contributed by atoms with Gasteiger partial charge in [-0.2, -0.15) is 0 Å². The normalized spacial score (nSPS) is 27.6. The lowest BCUT2D eigenvalue weighted by atomic mass is 9.42. The molecule has 1 aliphatic heterocycles. The van der Waals surface area contributed by atoms with Gasteiger partial charge in [-0.25, -0.2) is 0 Å². The van der Waals surface area contributed by atoms with Crippen LogP contribution in [0, 0.1) is 23.7 Å². The molecule has 0 aromatic heterocycles. The molecule has 0 radical (unpaired) electrons. The summed E-state index contributed by atoms with van der Waals surface area (Å²) in [7, 11) is 0. The number of fused-ring (bicyclic) bond motifs is 3. The van der Waals surface area contributed by atoms with Crippen LogP contribution in [0.15, 0.2) is 115 Å². The lowest BCUT2D eigenvalue weighted by Crippen LogP contribution is -2.57. The number of nitrogens with zero attached hydrogens (tertiary/aromatic N) is 1. The lowest BCUT2D eigenvalue weighted by Gasteiger charge is -2.63. The summed E-state index contributed by atoms with van der Waals surface area (Å²) >= 11 is 0. The third-order valence-electron chi connectivity index (χ3n) is 13.9. The Labute approximate surface area is 298 Å². The van der Waals surface area contributed by atoms with Gasteiger partial charge in [0, 0.05) is 27.8 Å². The minimum atomic E-state index is -0.00436. The average molecular weight is 656 g/mol. The SMILES string of the molecule is CC1(C)CCC(C)(C)c2c(N(c3ccc4c(c3)C3(c5ccccc5O4)C4CC5CC(C4)CC3C5)c3ccccc3-c3ccccc3)cccc21. The quantitative estimate of drug-likeness (QED) is 0.191. The molecule has 50 heavy (non-hydrogen) atoms. The van der Waals surface area contributed by atoms with Crippen molar-refractivity contribution in [3.05, 3.63) is 138 Å². The molecule has 2 nitrogen and oxygen atoms in total. The molecule has 0 saturated heterocycles. The third-order valence-corrected chi connectivity index (χ3v) is 13.9. The van der Waals surface area contributed by atoms with Crippen molar-refractivity contribution in [2.75, 3.05) is 4.90 Å². The minimum Gasteiger partial charge on any atom is -0.457 e. The highest BCUT2D eigenvalue weighted by atomic mass is 16.5. The van der Waals surface area contributed by atoms with Crippen molar-refractivity contribution in [3.63, 3.8) is 0 Å². The van der Waals surface area contributed by atoms with Gasteiger partial charge in [-0.3, -0.25) is 0 Å². The standard InChI is InChI=1S/C48H49NO/c1-46(2)23-24-47(3,4)45-39(46)17-12-19-42(45)49(41-18-10-8-15-37(41)33-13-6-5-7-14-33)36-21-22-44-40(30-36)48(38-16-9-11-20-43(38)50-44)34-26-31-25-32(28-34)29-35(48)27-31/h5-22,30-32,34-35H,23-29H2,1-4H3. The Balaban J connectivity index is 1.25. The van der Waals surface area contributed by atoms with Crippen LogP contribution in [0.1, 0.15) is 94.9 Å². The highest BCUT2D eigenvalue weighted by Gasteiger charge is 2.61. The van der Waals surface area contributed by atoms with Crippen LogP contribution in [0.5, 0.6) is 11.5 Å². The van der Waals surface area contributed by atoms with Crippen LogP contribution in [0.3, 0.4) is 0 Å². The second-order valence-electron chi connectivity index (χ2n) is 17.6. The van der Waals surface area contributed by atoms with Crippen molar-refractivity contribution in [1.29, 1.82) is 0 Å². The van der Waals surface area contributed by atoms with Gasteiger partial charge in [0.15, 0.2) is 0 Å². The molecule has 0 N–H and O–H groups in total. The Morgan fingerprint density at radius 2 is 1.16 bits per heavy atom. The topological polar surface area (TPSA) is 12.5 Å². The van der Waals surface area contributed by atoms with Crippen LogP contribution in [-0.4, -0.2) is 0 Å². The first-order chi connectivity index (χ1) is 24.2. The number of rotatable bonds is 4. The maximum atomic E-state index is 6.88. The summed E-state index contributed by atoms with van der Waals surface area (Å²) < 4.78 is 6.88. The molecule has 6 aliphatic rings. The summed E-state index contributed by atoms with van der Waals surface area (Å²) in [5.74, 6) is 5.24. The molecule has 0 amide bonds. The Kier molecular flexibility index (Phi) is 6.62. The Morgan fingerprint density at radius 3 is 1.94 bits per heavy atom. The predicted octanol–water partition coefficient (Wildman–Crippen LogP) is 13.0. The average Bonchev–Trinajstić information content (AvgIpc) is 3.12. The van der Waals surface area contributed by atoms with Crippen molar-refractivity contribution >= 4 is 17.1 Å². The van der Waals surface area contributed by atoms with E-state index < -0.39 is 0 Å². The number of benzene rings is 5. The van der Waals surface area contributed by atoms with Gasteiger partial charge in [0.2, 0.25) is 0 Å². The van der Waals surface area contributed by atoms with E-state index >= 15 is 0 Å². The molecule has 5 aromatic rings. The van der Waals surface area contributed by atoms with Crippen molar-refractivity contribution < 1.29 is 4.74 Å². The molecule has 0 atom stereocenters. The summed E-state index contributed by atoms with van der Waals surface area (Å²) in [5, 5.41) is 0. The van der Waals surface area contributed by atoms with Crippen LogP contribution in [0.25, 0.3) is 11.1 Å². The van der Waals surface area contributed by atoms with Gasteiger partial charge >= 0.3 is 0 Å².